The van der Waals surface area contributed by atoms with E-state index in [0.717, 1.165) is 17.2 Å². The van der Waals surface area contributed by atoms with Gasteiger partial charge in [0.25, 0.3) is 0 Å². The van der Waals surface area contributed by atoms with Gasteiger partial charge in [0.05, 0.1) is 11.3 Å². The summed E-state index contributed by atoms with van der Waals surface area (Å²) < 4.78 is 39.7. The molecule has 0 saturated carbocycles. The molecule has 4 heteroatoms. The van der Waals surface area contributed by atoms with Crippen molar-refractivity contribution in [1.29, 1.82) is 0 Å². The Labute approximate surface area is 138 Å². The van der Waals surface area contributed by atoms with E-state index in [2.05, 4.69) is 11.6 Å². The van der Waals surface area contributed by atoms with E-state index >= 15 is 0 Å². The summed E-state index contributed by atoms with van der Waals surface area (Å²) >= 11 is 0. The summed E-state index contributed by atoms with van der Waals surface area (Å²) in [5, 5.41) is 0. The van der Waals surface area contributed by atoms with Gasteiger partial charge in [0, 0.05) is 11.8 Å². The van der Waals surface area contributed by atoms with Crippen molar-refractivity contribution >= 4 is 6.08 Å². The van der Waals surface area contributed by atoms with E-state index in [0.29, 0.717) is 11.3 Å². The van der Waals surface area contributed by atoms with Crippen LogP contribution in [0.2, 0.25) is 0 Å². The van der Waals surface area contributed by atoms with Gasteiger partial charge >= 0.3 is 6.18 Å². The number of pyridine rings is 1. The second kappa shape index (κ2) is 6.32. The number of hydrogen-bond donors (Lipinski definition) is 0. The molecular formula is C20H14F3N. The van der Waals surface area contributed by atoms with E-state index in [1.807, 2.05) is 24.3 Å². The van der Waals surface area contributed by atoms with Crippen LogP contribution in [0.3, 0.4) is 0 Å². The van der Waals surface area contributed by atoms with E-state index in [1.54, 1.807) is 24.3 Å². The number of halogens is 3. The second-order valence-electron chi connectivity index (χ2n) is 5.26. The highest BCUT2D eigenvalue weighted by Crippen LogP contribution is 2.37. The van der Waals surface area contributed by atoms with Crippen molar-refractivity contribution in [3.8, 4) is 22.4 Å². The summed E-state index contributed by atoms with van der Waals surface area (Å²) in [7, 11) is 0. The summed E-state index contributed by atoms with van der Waals surface area (Å²) in [5.41, 5.74) is 2.29. The molecule has 120 valence electrons. The zero-order valence-corrected chi connectivity index (χ0v) is 12.7. The standard InChI is InChI=1S/C20H14F3N/c1-2-14-7-3-4-9-17(14)19-13-15(11-12-24-19)16-8-5-6-10-18(16)20(21,22)23/h2-13H,1H2. The SMILES string of the molecule is C=Cc1ccccc1-c1cc(-c2ccccc2C(F)(F)F)ccn1. The Hall–Kier alpha value is -2.88. The van der Waals surface area contributed by atoms with Gasteiger partial charge in [-0.05, 0) is 34.9 Å². The zero-order chi connectivity index (χ0) is 17.2. The average Bonchev–Trinajstić information content (AvgIpc) is 2.61. The molecule has 0 aliphatic rings. The first-order chi connectivity index (χ1) is 11.5. The fourth-order valence-electron chi connectivity index (χ4n) is 2.64. The summed E-state index contributed by atoms with van der Waals surface area (Å²) in [6, 6.07) is 16.3. The normalized spacial score (nSPS) is 11.3. The number of alkyl halides is 3. The molecule has 24 heavy (non-hydrogen) atoms. The lowest BCUT2D eigenvalue weighted by atomic mass is 9.97. The second-order valence-corrected chi connectivity index (χ2v) is 5.26. The van der Waals surface area contributed by atoms with Crippen molar-refractivity contribution in [2.24, 2.45) is 0 Å². The largest absolute Gasteiger partial charge is 0.417 e. The van der Waals surface area contributed by atoms with Gasteiger partial charge in [-0.3, -0.25) is 4.98 Å². The molecule has 0 N–H and O–H groups in total. The first-order valence-corrected chi connectivity index (χ1v) is 7.35. The lowest BCUT2D eigenvalue weighted by Crippen LogP contribution is -2.06. The van der Waals surface area contributed by atoms with Gasteiger partial charge in [-0.2, -0.15) is 13.2 Å². The third-order valence-electron chi connectivity index (χ3n) is 3.76. The lowest BCUT2D eigenvalue weighted by molar-refractivity contribution is -0.137. The number of hydrogen-bond acceptors (Lipinski definition) is 1. The van der Waals surface area contributed by atoms with E-state index < -0.39 is 11.7 Å². The van der Waals surface area contributed by atoms with Gasteiger partial charge in [-0.1, -0.05) is 55.1 Å². The van der Waals surface area contributed by atoms with Crippen LogP contribution < -0.4 is 0 Å². The van der Waals surface area contributed by atoms with Crippen LogP contribution in [0.1, 0.15) is 11.1 Å². The highest BCUT2D eigenvalue weighted by atomic mass is 19.4. The Morgan fingerprint density at radius 2 is 1.54 bits per heavy atom. The fraction of sp³-hybridized carbons (Fsp3) is 0.0500. The number of nitrogens with zero attached hydrogens (tertiary/aromatic N) is 1. The van der Waals surface area contributed by atoms with E-state index in [4.69, 9.17) is 0 Å². The first-order valence-electron chi connectivity index (χ1n) is 7.35. The maximum absolute atomic E-state index is 13.2. The number of rotatable bonds is 3. The zero-order valence-electron chi connectivity index (χ0n) is 12.7. The molecule has 0 aliphatic carbocycles. The molecular weight excluding hydrogens is 311 g/mol. The molecule has 0 aliphatic heterocycles. The lowest BCUT2D eigenvalue weighted by Gasteiger charge is -2.13. The van der Waals surface area contributed by atoms with Crippen LogP contribution in [0.15, 0.2) is 73.4 Å². The van der Waals surface area contributed by atoms with Crippen LogP contribution >= 0.6 is 0 Å². The Morgan fingerprint density at radius 3 is 2.25 bits per heavy atom. The highest BCUT2D eigenvalue weighted by molar-refractivity contribution is 5.77. The minimum atomic E-state index is -4.40. The molecule has 3 aromatic rings. The fourth-order valence-corrected chi connectivity index (χ4v) is 2.64. The number of benzene rings is 2. The van der Waals surface area contributed by atoms with Gasteiger partial charge < -0.3 is 0 Å². The smallest absolute Gasteiger partial charge is 0.256 e. The Bertz CT molecular complexity index is 882. The molecule has 0 radical (unpaired) electrons. The predicted octanol–water partition coefficient (Wildman–Crippen LogP) is 6.08. The van der Waals surface area contributed by atoms with Crippen molar-refractivity contribution in [1.82, 2.24) is 4.98 Å². The molecule has 3 rings (SSSR count). The van der Waals surface area contributed by atoms with E-state index in [-0.39, 0.29) is 5.56 Å². The topological polar surface area (TPSA) is 12.9 Å². The van der Waals surface area contributed by atoms with Crippen LogP contribution in [-0.4, -0.2) is 4.98 Å². The molecule has 0 saturated heterocycles. The first kappa shape index (κ1) is 16.0. The van der Waals surface area contributed by atoms with Crippen molar-refractivity contribution < 1.29 is 13.2 Å². The molecule has 0 atom stereocenters. The molecule has 0 amide bonds. The summed E-state index contributed by atoms with van der Waals surface area (Å²) in [6.07, 6.45) is -1.18. The Balaban J connectivity index is 2.15. The molecule has 1 nitrogen and oxygen atoms in total. The van der Waals surface area contributed by atoms with Crippen molar-refractivity contribution in [2.75, 3.05) is 0 Å². The van der Waals surface area contributed by atoms with Gasteiger partial charge in [-0.15, -0.1) is 0 Å². The van der Waals surface area contributed by atoms with Crippen LogP contribution in [0.5, 0.6) is 0 Å². The molecule has 0 bridgehead atoms. The predicted molar refractivity (Wildman–Crippen MR) is 90.2 cm³/mol. The van der Waals surface area contributed by atoms with Crippen LogP contribution in [0.25, 0.3) is 28.5 Å². The monoisotopic (exact) mass is 325 g/mol. The molecule has 1 aromatic heterocycles. The summed E-state index contributed by atoms with van der Waals surface area (Å²) in [6.45, 7) is 3.77. The minimum absolute atomic E-state index is 0.143. The quantitative estimate of drug-likeness (QED) is 0.569. The number of aromatic nitrogens is 1. The third-order valence-corrected chi connectivity index (χ3v) is 3.76. The summed E-state index contributed by atoms with van der Waals surface area (Å²) in [4.78, 5) is 4.31. The van der Waals surface area contributed by atoms with Crippen molar-refractivity contribution in [3.63, 3.8) is 0 Å². The Kier molecular flexibility index (Phi) is 4.21. The molecule has 0 fully saturated rings. The third kappa shape index (κ3) is 3.08. The maximum atomic E-state index is 13.2. The molecule has 1 heterocycles. The average molecular weight is 325 g/mol. The van der Waals surface area contributed by atoms with Gasteiger partial charge in [0.2, 0.25) is 0 Å². The van der Waals surface area contributed by atoms with Crippen molar-refractivity contribution in [2.45, 2.75) is 6.18 Å². The molecule has 0 spiro atoms. The maximum Gasteiger partial charge on any atom is 0.417 e. The summed E-state index contributed by atoms with van der Waals surface area (Å²) in [5.74, 6) is 0. The highest BCUT2D eigenvalue weighted by Gasteiger charge is 2.33. The Morgan fingerprint density at radius 1 is 0.875 bits per heavy atom. The van der Waals surface area contributed by atoms with Crippen LogP contribution in [0.4, 0.5) is 13.2 Å². The molecule has 2 aromatic carbocycles. The van der Waals surface area contributed by atoms with Gasteiger partial charge in [-0.25, -0.2) is 0 Å². The van der Waals surface area contributed by atoms with Gasteiger partial charge in [0.1, 0.15) is 0 Å². The van der Waals surface area contributed by atoms with E-state index in [9.17, 15) is 13.2 Å². The minimum Gasteiger partial charge on any atom is -0.256 e. The van der Waals surface area contributed by atoms with E-state index in [1.165, 1.54) is 18.3 Å². The van der Waals surface area contributed by atoms with Crippen LogP contribution in [0, 0.1) is 0 Å². The van der Waals surface area contributed by atoms with Crippen molar-refractivity contribution in [3.05, 3.63) is 84.6 Å². The van der Waals surface area contributed by atoms with Crippen LogP contribution in [-0.2, 0) is 6.18 Å². The van der Waals surface area contributed by atoms with Gasteiger partial charge in [0.15, 0.2) is 0 Å². The molecule has 0 unspecified atom stereocenters.